The smallest absolute Gasteiger partial charge is 0.317 e. The molecular weight excluding hydrogens is 192 g/mol. The van der Waals surface area contributed by atoms with Gasteiger partial charge in [0.2, 0.25) is 0 Å². The van der Waals surface area contributed by atoms with Crippen LogP contribution in [0, 0.1) is 5.92 Å². The molecule has 0 aromatic heterocycles. The van der Waals surface area contributed by atoms with Crippen LogP contribution in [0.5, 0.6) is 0 Å². The van der Waals surface area contributed by atoms with Crippen molar-refractivity contribution in [3.63, 3.8) is 0 Å². The van der Waals surface area contributed by atoms with E-state index in [9.17, 15) is 14.4 Å². The molecule has 0 radical (unpaired) electrons. The van der Waals surface area contributed by atoms with Gasteiger partial charge in [0.25, 0.3) is 0 Å². The Kier molecular flexibility index (Phi) is 8.55. The van der Waals surface area contributed by atoms with Gasteiger partial charge in [-0.15, -0.1) is 0 Å². The van der Waals surface area contributed by atoms with E-state index in [4.69, 9.17) is 15.3 Å². The lowest BCUT2D eigenvalue weighted by molar-refractivity contribution is -0.153. The van der Waals surface area contributed by atoms with E-state index < -0.39 is 23.8 Å². The highest BCUT2D eigenvalue weighted by Gasteiger charge is 2.18. The zero-order valence-electron chi connectivity index (χ0n) is 8.06. The van der Waals surface area contributed by atoms with E-state index in [0.717, 1.165) is 13.3 Å². The minimum Gasteiger partial charge on any atom is -0.481 e. The van der Waals surface area contributed by atoms with Crippen LogP contribution in [-0.4, -0.2) is 33.2 Å². The minimum atomic E-state index is -1.31. The van der Waals surface area contributed by atoms with E-state index >= 15 is 0 Å². The molecule has 0 aliphatic heterocycles. The van der Waals surface area contributed by atoms with E-state index in [0.29, 0.717) is 6.42 Å². The van der Waals surface area contributed by atoms with Crippen LogP contribution in [0.2, 0.25) is 0 Å². The molecule has 0 fully saturated rings. The summed E-state index contributed by atoms with van der Waals surface area (Å²) in [5.74, 6) is -4.62. The van der Waals surface area contributed by atoms with Crippen molar-refractivity contribution in [2.75, 3.05) is 0 Å². The largest absolute Gasteiger partial charge is 0.481 e. The molecule has 0 aliphatic carbocycles. The van der Waals surface area contributed by atoms with Gasteiger partial charge in [-0.25, -0.2) is 0 Å². The molecule has 0 heterocycles. The van der Waals surface area contributed by atoms with Crippen LogP contribution < -0.4 is 0 Å². The molecule has 6 nitrogen and oxygen atoms in total. The van der Waals surface area contributed by atoms with Crippen LogP contribution in [0.3, 0.4) is 0 Å². The second-order valence-electron chi connectivity index (χ2n) is 2.54. The van der Waals surface area contributed by atoms with Gasteiger partial charge < -0.3 is 15.3 Å². The summed E-state index contributed by atoms with van der Waals surface area (Å²) in [6.45, 7) is 2.96. The maximum atomic E-state index is 9.76. The Morgan fingerprint density at radius 2 is 1.43 bits per heavy atom. The van der Waals surface area contributed by atoms with Gasteiger partial charge in [-0.3, -0.25) is 14.4 Å². The first-order chi connectivity index (χ1) is 6.32. The third-order valence-corrected chi connectivity index (χ3v) is 1.20. The summed E-state index contributed by atoms with van der Waals surface area (Å²) in [4.78, 5) is 29.1. The number of rotatable bonds is 4. The molecule has 0 saturated carbocycles. The normalized spacial score (nSPS) is 8.79. The highest BCUT2D eigenvalue weighted by Crippen LogP contribution is 1.91. The second kappa shape index (κ2) is 8.03. The highest BCUT2D eigenvalue weighted by atomic mass is 16.4. The van der Waals surface area contributed by atoms with Gasteiger partial charge in [-0.05, 0) is 13.3 Å². The summed E-state index contributed by atoms with van der Waals surface area (Å²) in [5.41, 5.74) is 0. The van der Waals surface area contributed by atoms with Gasteiger partial charge in [-0.2, -0.15) is 0 Å². The molecule has 3 N–H and O–H groups in total. The van der Waals surface area contributed by atoms with E-state index in [2.05, 4.69) is 0 Å². The zero-order chi connectivity index (χ0) is 11.7. The summed E-state index contributed by atoms with van der Waals surface area (Å²) >= 11 is 0. The van der Waals surface area contributed by atoms with Crippen molar-refractivity contribution >= 4 is 17.9 Å². The molecule has 6 heteroatoms. The third-order valence-electron chi connectivity index (χ3n) is 1.20. The molecule has 0 aromatic carbocycles. The van der Waals surface area contributed by atoms with Crippen LogP contribution in [0.25, 0.3) is 0 Å². The molecule has 0 rings (SSSR count). The molecule has 82 valence electrons. The molecule has 0 bridgehead atoms. The van der Waals surface area contributed by atoms with Crippen LogP contribution in [0.1, 0.15) is 26.7 Å². The van der Waals surface area contributed by atoms with Gasteiger partial charge in [0.1, 0.15) is 0 Å². The van der Waals surface area contributed by atoms with Crippen LogP contribution in [-0.2, 0) is 14.4 Å². The van der Waals surface area contributed by atoms with Crippen molar-refractivity contribution in [1.82, 2.24) is 0 Å². The average molecular weight is 206 g/mol. The molecule has 0 aliphatic rings. The van der Waals surface area contributed by atoms with Gasteiger partial charge >= 0.3 is 17.9 Å². The molecule has 0 aromatic rings. The Hall–Kier alpha value is -1.59. The van der Waals surface area contributed by atoms with Gasteiger partial charge in [0.15, 0.2) is 5.92 Å². The number of aliphatic carboxylic acids is 3. The van der Waals surface area contributed by atoms with Crippen molar-refractivity contribution in [1.29, 1.82) is 0 Å². The summed E-state index contributed by atoms with van der Waals surface area (Å²) in [5, 5.41) is 23.9. The van der Waals surface area contributed by atoms with Gasteiger partial charge in [-0.1, -0.05) is 6.92 Å². The molecular formula is C8H14O6. The number of hydrogen-bond acceptors (Lipinski definition) is 3. The first-order valence-electron chi connectivity index (χ1n) is 4.00. The van der Waals surface area contributed by atoms with Crippen molar-refractivity contribution in [3.05, 3.63) is 0 Å². The summed E-state index contributed by atoms with van der Waals surface area (Å²) in [6.07, 6.45) is 1.02. The standard InChI is InChI=1S/C4H6O4.C4H8O2/c1-2(3(5)6)4(7)8;1-2-3-4(5)6/h2H,1H3,(H,5,6)(H,7,8);2-3H2,1H3,(H,5,6). The number of carboxylic acid groups (broad SMARTS) is 3. The topological polar surface area (TPSA) is 112 Å². The van der Waals surface area contributed by atoms with Crippen LogP contribution >= 0.6 is 0 Å². The Balaban J connectivity index is 0. The lowest BCUT2D eigenvalue weighted by Gasteiger charge is -1.94. The first-order valence-corrected chi connectivity index (χ1v) is 4.00. The Morgan fingerprint density at radius 3 is 1.43 bits per heavy atom. The van der Waals surface area contributed by atoms with Crippen molar-refractivity contribution < 1.29 is 29.7 Å². The lowest BCUT2D eigenvalue weighted by atomic mass is 10.2. The molecule has 0 saturated heterocycles. The fourth-order valence-corrected chi connectivity index (χ4v) is 0.319. The fourth-order valence-electron chi connectivity index (χ4n) is 0.319. The van der Waals surface area contributed by atoms with Crippen LogP contribution in [0.4, 0.5) is 0 Å². The SMILES string of the molecule is CC(C(=O)O)C(=O)O.CCCC(=O)O. The Labute approximate surface area is 81.2 Å². The fraction of sp³-hybridized carbons (Fsp3) is 0.625. The quantitative estimate of drug-likeness (QED) is 0.582. The maximum absolute atomic E-state index is 9.76. The van der Waals surface area contributed by atoms with Gasteiger partial charge in [0, 0.05) is 6.42 Å². The summed E-state index contributed by atoms with van der Waals surface area (Å²) in [7, 11) is 0. The van der Waals surface area contributed by atoms with E-state index in [1.54, 1.807) is 0 Å². The van der Waals surface area contributed by atoms with Crippen molar-refractivity contribution in [2.24, 2.45) is 5.92 Å². The monoisotopic (exact) mass is 206 g/mol. The zero-order valence-corrected chi connectivity index (χ0v) is 8.06. The van der Waals surface area contributed by atoms with Crippen molar-refractivity contribution in [3.8, 4) is 0 Å². The Morgan fingerprint density at radius 1 is 1.07 bits per heavy atom. The highest BCUT2D eigenvalue weighted by molar-refractivity contribution is 5.92. The number of carbonyl (C=O) groups is 3. The van der Waals surface area contributed by atoms with Gasteiger partial charge in [0.05, 0.1) is 0 Å². The Bertz CT molecular complexity index is 196. The summed E-state index contributed by atoms with van der Waals surface area (Å²) in [6, 6.07) is 0. The van der Waals surface area contributed by atoms with Crippen molar-refractivity contribution in [2.45, 2.75) is 26.7 Å². The predicted molar refractivity (Wildman–Crippen MR) is 47.0 cm³/mol. The second-order valence-corrected chi connectivity index (χ2v) is 2.54. The number of hydrogen-bond donors (Lipinski definition) is 3. The lowest BCUT2D eigenvalue weighted by Crippen LogP contribution is -2.19. The predicted octanol–water partition coefficient (Wildman–Crippen LogP) is 0.663. The maximum Gasteiger partial charge on any atom is 0.317 e. The summed E-state index contributed by atoms with van der Waals surface area (Å²) < 4.78 is 0. The van der Waals surface area contributed by atoms with E-state index in [1.165, 1.54) is 0 Å². The third kappa shape index (κ3) is 10.4. The number of carboxylic acids is 3. The van der Waals surface area contributed by atoms with E-state index in [1.807, 2.05) is 6.92 Å². The van der Waals surface area contributed by atoms with Crippen LogP contribution in [0.15, 0.2) is 0 Å². The molecule has 14 heavy (non-hydrogen) atoms. The van der Waals surface area contributed by atoms with E-state index in [-0.39, 0.29) is 0 Å². The average Bonchev–Trinajstić information content (AvgIpc) is 2.03. The molecule has 0 atom stereocenters. The molecule has 0 unspecified atom stereocenters. The molecule has 0 amide bonds. The first kappa shape index (κ1) is 14.9. The minimum absolute atomic E-state index is 0.292. The molecule has 0 spiro atoms.